The lowest BCUT2D eigenvalue weighted by Gasteiger charge is -2.23. The maximum Gasteiger partial charge on any atom is 0.269 e. The van der Waals surface area contributed by atoms with E-state index in [1.807, 2.05) is 36.4 Å². The van der Waals surface area contributed by atoms with Gasteiger partial charge in [0.1, 0.15) is 0 Å². The van der Waals surface area contributed by atoms with Crippen LogP contribution in [0, 0.1) is 10.1 Å². The first-order valence-corrected chi connectivity index (χ1v) is 7.81. The van der Waals surface area contributed by atoms with Crippen LogP contribution in [-0.4, -0.2) is 31.1 Å². The van der Waals surface area contributed by atoms with Crippen LogP contribution in [-0.2, 0) is 0 Å². The summed E-state index contributed by atoms with van der Waals surface area (Å²) in [6.45, 7) is 2.72. The Hall–Kier alpha value is -2.70. The van der Waals surface area contributed by atoms with Crippen molar-refractivity contribution in [2.24, 2.45) is 11.5 Å². The highest BCUT2D eigenvalue weighted by Gasteiger charge is 2.04. The minimum Gasteiger partial charge on any atom is -0.369 e. The Morgan fingerprint density at radius 1 is 0.875 bits per heavy atom. The average Bonchev–Trinajstić information content (AvgIpc) is 2.60. The van der Waals surface area contributed by atoms with Gasteiger partial charge in [-0.05, 0) is 35.4 Å². The summed E-state index contributed by atoms with van der Waals surface area (Å²) >= 11 is 0. The maximum atomic E-state index is 10.6. The van der Waals surface area contributed by atoms with Crippen molar-refractivity contribution in [1.29, 1.82) is 0 Å². The molecule has 24 heavy (non-hydrogen) atoms. The second-order valence-electron chi connectivity index (χ2n) is 5.34. The molecule has 0 aliphatic heterocycles. The molecule has 0 unspecified atom stereocenters. The van der Waals surface area contributed by atoms with Gasteiger partial charge in [-0.15, -0.1) is 0 Å². The monoisotopic (exact) mass is 326 g/mol. The molecule has 0 heterocycles. The predicted molar refractivity (Wildman–Crippen MR) is 98.8 cm³/mol. The highest BCUT2D eigenvalue weighted by Crippen LogP contribution is 2.17. The molecule has 0 aliphatic carbocycles. The van der Waals surface area contributed by atoms with Crippen molar-refractivity contribution in [3.8, 4) is 0 Å². The van der Waals surface area contributed by atoms with E-state index in [0.29, 0.717) is 13.1 Å². The highest BCUT2D eigenvalue weighted by molar-refractivity contribution is 5.71. The second-order valence-corrected chi connectivity index (χ2v) is 5.34. The number of hydrogen-bond acceptors (Lipinski definition) is 5. The summed E-state index contributed by atoms with van der Waals surface area (Å²) in [5, 5.41) is 10.6. The van der Waals surface area contributed by atoms with Crippen LogP contribution in [0.4, 0.5) is 11.4 Å². The predicted octanol–water partition coefficient (Wildman–Crippen LogP) is 2.49. The van der Waals surface area contributed by atoms with Crippen molar-refractivity contribution in [2.45, 2.75) is 0 Å². The third-order valence-corrected chi connectivity index (χ3v) is 3.63. The molecule has 6 heteroatoms. The number of benzene rings is 2. The Labute approximate surface area is 141 Å². The molecule has 0 saturated heterocycles. The van der Waals surface area contributed by atoms with Crippen LogP contribution in [0.25, 0.3) is 12.2 Å². The molecule has 4 N–H and O–H groups in total. The number of non-ortho nitro benzene ring substituents is 1. The summed E-state index contributed by atoms with van der Waals surface area (Å²) in [6.07, 6.45) is 3.90. The molecular formula is C18H22N4O2. The average molecular weight is 326 g/mol. The number of nitrogens with two attached hydrogens (primary N) is 2. The number of anilines is 1. The topological polar surface area (TPSA) is 98.4 Å². The van der Waals surface area contributed by atoms with E-state index in [2.05, 4.69) is 4.90 Å². The van der Waals surface area contributed by atoms with Gasteiger partial charge in [0.25, 0.3) is 5.69 Å². The molecule has 0 radical (unpaired) electrons. The Kier molecular flexibility index (Phi) is 6.48. The Morgan fingerprint density at radius 2 is 1.33 bits per heavy atom. The molecule has 0 saturated carbocycles. The third-order valence-electron chi connectivity index (χ3n) is 3.63. The van der Waals surface area contributed by atoms with Crippen molar-refractivity contribution in [3.05, 3.63) is 69.8 Å². The van der Waals surface area contributed by atoms with Crippen LogP contribution >= 0.6 is 0 Å². The fraction of sp³-hybridized carbons (Fsp3) is 0.222. The molecule has 2 aromatic carbocycles. The molecule has 0 bridgehead atoms. The normalized spacial score (nSPS) is 10.9. The number of nitro groups is 1. The summed E-state index contributed by atoms with van der Waals surface area (Å²) in [6, 6.07) is 14.6. The van der Waals surface area contributed by atoms with Gasteiger partial charge in [0.15, 0.2) is 0 Å². The molecule has 0 fully saturated rings. The molecule has 2 aromatic rings. The first-order valence-electron chi connectivity index (χ1n) is 7.81. The van der Waals surface area contributed by atoms with E-state index in [1.54, 1.807) is 12.1 Å². The van der Waals surface area contributed by atoms with E-state index in [0.717, 1.165) is 29.9 Å². The molecule has 0 amide bonds. The zero-order chi connectivity index (χ0) is 17.4. The minimum atomic E-state index is -0.402. The Balaban J connectivity index is 2.06. The zero-order valence-electron chi connectivity index (χ0n) is 13.5. The molecule has 0 atom stereocenters. The van der Waals surface area contributed by atoms with Gasteiger partial charge >= 0.3 is 0 Å². The smallest absolute Gasteiger partial charge is 0.269 e. The van der Waals surface area contributed by atoms with Crippen LogP contribution in [0.2, 0.25) is 0 Å². The van der Waals surface area contributed by atoms with Crippen LogP contribution in [0.5, 0.6) is 0 Å². The summed E-state index contributed by atoms with van der Waals surface area (Å²) in [7, 11) is 0. The Morgan fingerprint density at radius 3 is 1.75 bits per heavy atom. The van der Waals surface area contributed by atoms with Gasteiger partial charge in [-0.1, -0.05) is 24.3 Å². The quantitative estimate of drug-likeness (QED) is 0.441. The lowest BCUT2D eigenvalue weighted by molar-refractivity contribution is -0.384. The number of nitrogens with zero attached hydrogens (tertiary/aromatic N) is 2. The van der Waals surface area contributed by atoms with Crippen molar-refractivity contribution in [2.75, 3.05) is 31.1 Å². The van der Waals surface area contributed by atoms with Gasteiger partial charge in [-0.2, -0.15) is 0 Å². The lowest BCUT2D eigenvalue weighted by Crippen LogP contribution is -2.33. The van der Waals surface area contributed by atoms with Gasteiger partial charge in [0.05, 0.1) is 4.92 Å². The van der Waals surface area contributed by atoms with E-state index in [9.17, 15) is 10.1 Å². The third kappa shape index (κ3) is 4.91. The number of rotatable bonds is 8. The standard InChI is InChI=1S/C18H22N4O2/c19-11-13-21(14-12-20)17-7-3-15(4-8-17)1-2-16-5-9-18(10-6-16)22(23)24/h1-10H,11-14,19-20H2/b2-1+. The van der Waals surface area contributed by atoms with Crippen LogP contribution in [0.15, 0.2) is 48.5 Å². The zero-order valence-corrected chi connectivity index (χ0v) is 13.5. The SMILES string of the molecule is NCCN(CCN)c1ccc(/C=C/c2ccc([N+](=O)[O-])cc2)cc1. The first-order chi connectivity index (χ1) is 11.6. The largest absolute Gasteiger partial charge is 0.369 e. The molecule has 126 valence electrons. The van der Waals surface area contributed by atoms with Crippen molar-refractivity contribution < 1.29 is 4.92 Å². The lowest BCUT2D eigenvalue weighted by atomic mass is 10.1. The summed E-state index contributed by atoms with van der Waals surface area (Å²) in [5.41, 5.74) is 14.4. The highest BCUT2D eigenvalue weighted by atomic mass is 16.6. The van der Waals surface area contributed by atoms with Crippen LogP contribution in [0.1, 0.15) is 11.1 Å². The minimum absolute atomic E-state index is 0.0939. The summed E-state index contributed by atoms with van der Waals surface area (Å²) in [5.74, 6) is 0. The molecule has 0 aliphatic rings. The fourth-order valence-electron chi connectivity index (χ4n) is 2.38. The number of hydrogen-bond donors (Lipinski definition) is 2. The molecule has 6 nitrogen and oxygen atoms in total. The summed E-state index contributed by atoms with van der Waals surface area (Å²) in [4.78, 5) is 12.4. The molecule has 2 rings (SSSR count). The van der Waals surface area contributed by atoms with Gasteiger partial charge in [-0.3, -0.25) is 10.1 Å². The van der Waals surface area contributed by atoms with Gasteiger partial charge in [0, 0.05) is 44.0 Å². The number of nitro benzene ring substituents is 1. The molecule has 0 aromatic heterocycles. The van der Waals surface area contributed by atoms with Gasteiger partial charge in [-0.25, -0.2) is 0 Å². The summed E-state index contributed by atoms with van der Waals surface area (Å²) < 4.78 is 0. The van der Waals surface area contributed by atoms with E-state index >= 15 is 0 Å². The fourth-order valence-corrected chi connectivity index (χ4v) is 2.38. The van der Waals surface area contributed by atoms with Crippen molar-refractivity contribution in [3.63, 3.8) is 0 Å². The molecular weight excluding hydrogens is 304 g/mol. The van der Waals surface area contributed by atoms with Crippen LogP contribution < -0.4 is 16.4 Å². The van der Waals surface area contributed by atoms with E-state index in [1.165, 1.54) is 12.1 Å². The van der Waals surface area contributed by atoms with Gasteiger partial charge < -0.3 is 16.4 Å². The Bertz CT molecular complexity index is 675. The van der Waals surface area contributed by atoms with Crippen molar-refractivity contribution in [1.82, 2.24) is 0 Å². The van der Waals surface area contributed by atoms with Crippen LogP contribution in [0.3, 0.4) is 0 Å². The van der Waals surface area contributed by atoms with E-state index in [-0.39, 0.29) is 5.69 Å². The first kappa shape index (κ1) is 17.7. The van der Waals surface area contributed by atoms with Crippen molar-refractivity contribution >= 4 is 23.5 Å². The van der Waals surface area contributed by atoms with Gasteiger partial charge in [0.2, 0.25) is 0 Å². The van der Waals surface area contributed by atoms with E-state index < -0.39 is 4.92 Å². The maximum absolute atomic E-state index is 10.6. The molecule has 0 spiro atoms. The van der Waals surface area contributed by atoms with E-state index in [4.69, 9.17) is 11.5 Å². The second kappa shape index (κ2) is 8.81.